The number of carbonyl (C=O) groups is 1. The fraction of sp³-hybridized carbons (Fsp3) is 0.600. The van der Waals surface area contributed by atoms with Crippen molar-refractivity contribution in [2.75, 3.05) is 0 Å². The van der Waals surface area contributed by atoms with Crippen LogP contribution >= 0.6 is 0 Å². The number of carboxylic acids is 1. The Morgan fingerprint density at radius 3 is 2.86 bits per heavy atom. The lowest BCUT2D eigenvalue weighted by molar-refractivity contribution is -0.685. The van der Waals surface area contributed by atoms with Crippen LogP contribution in [0.3, 0.4) is 0 Å². The molecule has 0 aliphatic heterocycles. The van der Waals surface area contributed by atoms with Gasteiger partial charge in [-0.05, 0) is 12.3 Å². The third kappa shape index (κ3) is 3.60. The molecule has 0 atom stereocenters. The van der Waals surface area contributed by atoms with Gasteiger partial charge in [0, 0.05) is 0 Å². The van der Waals surface area contributed by atoms with Crippen molar-refractivity contribution in [2.45, 2.75) is 33.4 Å². The molecule has 1 N–H and O–H groups in total. The van der Waals surface area contributed by atoms with Crippen LogP contribution in [0.5, 0.6) is 0 Å². The van der Waals surface area contributed by atoms with Crippen LogP contribution in [0.15, 0.2) is 18.7 Å². The number of carboxylic acid groups (broad SMARTS) is 1. The normalized spacial score (nSPS) is 10.8. The molecular formula is C10H17N2O2+. The Kier molecular flexibility index (Phi) is 3.68. The minimum atomic E-state index is -0.809. The number of hydrogen-bond acceptors (Lipinski definition) is 1. The van der Waals surface area contributed by atoms with Gasteiger partial charge in [-0.2, -0.15) is 0 Å². The van der Waals surface area contributed by atoms with Gasteiger partial charge in [-0.15, -0.1) is 0 Å². The average molecular weight is 197 g/mol. The summed E-state index contributed by atoms with van der Waals surface area (Å²) in [4.78, 5) is 10.4. The van der Waals surface area contributed by atoms with Crippen LogP contribution in [0.1, 0.15) is 20.3 Å². The summed E-state index contributed by atoms with van der Waals surface area (Å²) >= 11 is 0. The molecule has 1 heterocycles. The third-order valence-electron chi connectivity index (χ3n) is 2.03. The maximum Gasteiger partial charge on any atom is 0.346 e. The molecule has 0 saturated carbocycles. The predicted molar refractivity (Wildman–Crippen MR) is 51.7 cm³/mol. The summed E-state index contributed by atoms with van der Waals surface area (Å²) in [5.41, 5.74) is 0. The number of nitrogens with zero attached hydrogens (tertiary/aromatic N) is 2. The quantitative estimate of drug-likeness (QED) is 0.713. The molecule has 1 aromatic rings. The van der Waals surface area contributed by atoms with Crippen molar-refractivity contribution >= 4 is 5.97 Å². The number of imidazole rings is 1. The number of rotatable bonds is 5. The molecule has 0 aliphatic carbocycles. The molecule has 0 fully saturated rings. The van der Waals surface area contributed by atoms with E-state index in [1.54, 1.807) is 10.8 Å². The number of aryl methyl sites for hydroxylation is 1. The highest BCUT2D eigenvalue weighted by Crippen LogP contribution is 2.01. The van der Waals surface area contributed by atoms with Gasteiger partial charge in [0.25, 0.3) is 0 Å². The summed E-state index contributed by atoms with van der Waals surface area (Å²) in [6, 6.07) is 0. The second-order valence-electron chi connectivity index (χ2n) is 3.90. The monoisotopic (exact) mass is 197 g/mol. The first-order chi connectivity index (χ1) is 6.58. The first-order valence-corrected chi connectivity index (χ1v) is 4.84. The lowest BCUT2D eigenvalue weighted by Gasteiger charge is -1.99. The van der Waals surface area contributed by atoms with E-state index in [2.05, 4.69) is 13.8 Å². The van der Waals surface area contributed by atoms with Crippen molar-refractivity contribution in [3.8, 4) is 0 Å². The molecule has 0 aliphatic rings. The van der Waals surface area contributed by atoms with E-state index >= 15 is 0 Å². The molecule has 1 aromatic heterocycles. The van der Waals surface area contributed by atoms with Crippen LogP contribution in [0.4, 0.5) is 0 Å². The van der Waals surface area contributed by atoms with Gasteiger partial charge >= 0.3 is 5.97 Å². The Bertz CT molecular complexity index is 305. The Labute approximate surface area is 83.8 Å². The summed E-state index contributed by atoms with van der Waals surface area (Å²) < 4.78 is 3.69. The smallest absolute Gasteiger partial charge is 0.346 e. The van der Waals surface area contributed by atoms with Crippen LogP contribution in [0.2, 0.25) is 0 Å². The van der Waals surface area contributed by atoms with Crippen LogP contribution in [-0.2, 0) is 17.9 Å². The molecule has 14 heavy (non-hydrogen) atoms. The standard InChI is InChI=1S/C10H16N2O2/c1-9(2)3-4-11-5-6-12(8-11)7-10(13)14/h5-6,8-9H,3-4,7H2,1-2H3/p+1. The van der Waals surface area contributed by atoms with Gasteiger partial charge in [0.15, 0.2) is 6.54 Å². The molecular weight excluding hydrogens is 180 g/mol. The van der Waals surface area contributed by atoms with Crippen molar-refractivity contribution in [2.24, 2.45) is 5.92 Å². The van der Waals surface area contributed by atoms with Gasteiger partial charge in [-0.25, -0.2) is 13.9 Å². The van der Waals surface area contributed by atoms with Crippen LogP contribution in [-0.4, -0.2) is 15.6 Å². The van der Waals surface area contributed by atoms with E-state index in [9.17, 15) is 4.79 Å². The molecule has 1 rings (SSSR count). The van der Waals surface area contributed by atoms with E-state index in [-0.39, 0.29) is 6.54 Å². The predicted octanol–water partition coefficient (Wildman–Crippen LogP) is 0.906. The highest BCUT2D eigenvalue weighted by atomic mass is 16.4. The lowest BCUT2D eigenvalue weighted by atomic mass is 10.1. The highest BCUT2D eigenvalue weighted by Gasteiger charge is 2.07. The largest absolute Gasteiger partial charge is 0.478 e. The van der Waals surface area contributed by atoms with E-state index in [0.29, 0.717) is 5.92 Å². The number of hydrogen-bond donors (Lipinski definition) is 1. The van der Waals surface area contributed by atoms with Crippen LogP contribution in [0.25, 0.3) is 0 Å². The molecule has 4 nitrogen and oxygen atoms in total. The first-order valence-electron chi connectivity index (χ1n) is 4.84. The molecule has 4 heteroatoms. The zero-order valence-electron chi connectivity index (χ0n) is 8.68. The zero-order valence-corrected chi connectivity index (χ0v) is 8.68. The summed E-state index contributed by atoms with van der Waals surface area (Å²) in [6.45, 7) is 5.34. The van der Waals surface area contributed by atoms with E-state index in [4.69, 9.17) is 5.11 Å². The third-order valence-corrected chi connectivity index (χ3v) is 2.03. The molecule has 0 unspecified atom stereocenters. The van der Waals surface area contributed by atoms with Crippen molar-refractivity contribution in [3.63, 3.8) is 0 Å². The SMILES string of the molecule is CC(C)CCn1cc[n+](CC(=O)O)c1. The Morgan fingerprint density at radius 1 is 1.57 bits per heavy atom. The number of aliphatic carboxylic acids is 1. The van der Waals surface area contributed by atoms with Crippen molar-refractivity contribution < 1.29 is 14.5 Å². The lowest BCUT2D eigenvalue weighted by Crippen LogP contribution is -2.35. The molecule has 0 aromatic carbocycles. The molecule has 0 saturated heterocycles. The van der Waals surface area contributed by atoms with E-state index in [1.165, 1.54) is 0 Å². The minimum absolute atomic E-state index is 0.0364. The van der Waals surface area contributed by atoms with Crippen molar-refractivity contribution in [3.05, 3.63) is 18.7 Å². The van der Waals surface area contributed by atoms with Gasteiger partial charge in [-0.1, -0.05) is 13.8 Å². The Balaban J connectivity index is 2.46. The van der Waals surface area contributed by atoms with Crippen molar-refractivity contribution in [1.29, 1.82) is 0 Å². The van der Waals surface area contributed by atoms with Gasteiger partial charge < -0.3 is 5.11 Å². The zero-order chi connectivity index (χ0) is 10.6. The topological polar surface area (TPSA) is 46.1 Å². The minimum Gasteiger partial charge on any atom is -0.478 e. The molecule has 0 bridgehead atoms. The van der Waals surface area contributed by atoms with Gasteiger partial charge in [-0.3, -0.25) is 0 Å². The fourth-order valence-electron chi connectivity index (χ4n) is 1.23. The van der Waals surface area contributed by atoms with Crippen LogP contribution in [0, 0.1) is 5.92 Å². The summed E-state index contributed by atoms with van der Waals surface area (Å²) in [7, 11) is 0. The Morgan fingerprint density at radius 2 is 2.29 bits per heavy atom. The Hall–Kier alpha value is -1.32. The first kappa shape index (κ1) is 10.8. The van der Waals surface area contributed by atoms with E-state index in [0.717, 1.165) is 13.0 Å². The maximum absolute atomic E-state index is 10.4. The molecule has 0 spiro atoms. The average Bonchev–Trinajstić information content (AvgIpc) is 2.47. The summed E-state index contributed by atoms with van der Waals surface area (Å²) in [6.07, 6.45) is 6.64. The number of aromatic nitrogens is 2. The summed E-state index contributed by atoms with van der Waals surface area (Å²) in [5, 5.41) is 8.56. The molecule has 0 radical (unpaired) electrons. The molecule has 0 amide bonds. The highest BCUT2D eigenvalue weighted by molar-refractivity contribution is 5.64. The molecule has 78 valence electrons. The fourth-order valence-corrected chi connectivity index (χ4v) is 1.23. The van der Waals surface area contributed by atoms with Gasteiger partial charge in [0.05, 0.1) is 6.54 Å². The summed E-state index contributed by atoms with van der Waals surface area (Å²) in [5.74, 6) is -0.137. The van der Waals surface area contributed by atoms with Gasteiger partial charge in [0.1, 0.15) is 12.4 Å². The van der Waals surface area contributed by atoms with Crippen molar-refractivity contribution in [1.82, 2.24) is 4.57 Å². The second-order valence-corrected chi connectivity index (χ2v) is 3.90. The second kappa shape index (κ2) is 4.79. The van der Waals surface area contributed by atoms with E-state index in [1.807, 2.05) is 17.1 Å². The van der Waals surface area contributed by atoms with Crippen LogP contribution < -0.4 is 4.57 Å². The van der Waals surface area contributed by atoms with Gasteiger partial charge in [0.2, 0.25) is 6.33 Å². The maximum atomic E-state index is 10.4. The van der Waals surface area contributed by atoms with E-state index < -0.39 is 5.97 Å².